The molecule has 0 fully saturated rings. The minimum Gasteiger partial charge on any atom is -0.310 e. The Kier molecular flexibility index (Phi) is 2.82. The molecule has 0 aliphatic heterocycles. The average molecular weight is 292 g/mol. The third-order valence-electron chi connectivity index (χ3n) is 3.67. The normalized spacial score (nSPS) is 11.2. The maximum Gasteiger partial charge on any atom is 0.259 e. The van der Waals surface area contributed by atoms with Gasteiger partial charge in [0.05, 0.1) is 17.4 Å². The summed E-state index contributed by atoms with van der Waals surface area (Å²) in [5.74, 6) is 0. The third-order valence-corrected chi connectivity index (χ3v) is 4.55. The molecular weight excluding hydrogens is 280 g/mol. The molecule has 102 valence electrons. The number of benzene rings is 1. The standard InChI is InChI=1S/C17H12N2OS/c20-17-14-7-10-21-16(14)6-9-19(17)11-12-5-8-18-15-4-2-1-3-13(12)15/h1-10H,11H2. The molecule has 0 saturated heterocycles. The van der Waals surface area contributed by atoms with Crippen molar-refractivity contribution in [3.05, 3.63) is 76.2 Å². The van der Waals surface area contributed by atoms with E-state index in [0.29, 0.717) is 6.54 Å². The van der Waals surface area contributed by atoms with Gasteiger partial charge in [-0.15, -0.1) is 11.3 Å². The SMILES string of the molecule is O=c1c2ccsc2ccn1Cc1ccnc2ccccc12. The van der Waals surface area contributed by atoms with Gasteiger partial charge in [-0.2, -0.15) is 0 Å². The fourth-order valence-corrected chi connectivity index (χ4v) is 3.38. The van der Waals surface area contributed by atoms with Gasteiger partial charge in [0.2, 0.25) is 0 Å². The van der Waals surface area contributed by atoms with Crippen LogP contribution in [0.5, 0.6) is 0 Å². The van der Waals surface area contributed by atoms with Crippen molar-refractivity contribution < 1.29 is 0 Å². The van der Waals surface area contributed by atoms with Crippen molar-refractivity contribution in [2.75, 3.05) is 0 Å². The van der Waals surface area contributed by atoms with Crippen molar-refractivity contribution in [2.24, 2.45) is 0 Å². The first-order valence-electron chi connectivity index (χ1n) is 6.72. The van der Waals surface area contributed by atoms with E-state index in [1.54, 1.807) is 22.1 Å². The van der Waals surface area contributed by atoms with Crippen LogP contribution in [0.4, 0.5) is 0 Å². The van der Waals surface area contributed by atoms with E-state index in [0.717, 1.165) is 26.6 Å². The molecule has 4 aromatic rings. The van der Waals surface area contributed by atoms with Gasteiger partial charge in [0.15, 0.2) is 0 Å². The molecule has 0 bridgehead atoms. The molecule has 3 nitrogen and oxygen atoms in total. The summed E-state index contributed by atoms with van der Waals surface area (Å²) in [5.41, 5.74) is 2.13. The molecule has 0 spiro atoms. The molecule has 0 atom stereocenters. The lowest BCUT2D eigenvalue weighted by atomic mass is 10.1. The first-order chi connectivity index (χ1) is 10.3. The lowest BCUT2D eigenvalue weighted by Gasteiger charge is -2.08. The maximum atomic E-state index is 12.5. The van der Waals surface area contributed by atoms with Gasteiger partial charge in [0.1, 0.15) is 0 Å². The number of fused-ring (bicyclic) bond motifs is 2. The van der Waals surface area contributed by atoms with Crippen LogP contribution in [0, 0.1) is 0 Å². The van der Waals surface area contributed by atoms with Gasteiger partial charge in [-0.05, 0) is 35.2 Å². The molecule has 3 aromatic heterocycles. The van der Waals surface area contributed by atoms with Gasteiger partial charge >= 0.3 is 0 Å². The number of hydrogen-bond acceptors (Lipinski definition) is 3. The van der Waals surface area contributed by atoms with Crippen LogP contribution in [0.25, 0.3) is 21.0 Å². The summed E-state index contributed by atoms with van der Waals surface area (Å²) in [6.07, 6.45) is 3.67. The molecule has 1 aromatic carbocycles. The fourth-order valence-electron chi connectivity index (χ4n) is 2.61. The van der Waals surface area contributed by atoms with Gasteiger partial charge in [0.25, 0.3) is 5.56 Å². The zero-order valence-electron chi connectivity index (χ0n) is 11.2. The van der Waals surface area contributed by atoms with Crippen molar-refractivity contribution in [1.29, 1.82) is 0 Å². The fraction of sp³-hybridized carbons (Fsp3) is 0.0588. The third kappa shape index (κ3) is 2.04. The van der Waals surface area contributed by atoms with E-state index in [2.05, 4.69) is 4.98 Å². The molecular formula is C17H12N2OS. The van der Waals surface area contributed by atoms with Crippen LogP contribution in [0.15, 0.2) is 65.0 Å². The van der Waals surface area contributed by atoms with E-state index in [1.807, 2.05) is 54.0 Å². The maximum absolute atomic E-state index is 12.5. The quantitative estimate of drug-likeness (QED) is 0.565. The molecule has 21 heavy (non-hydrogen) atoms. The van der Waals surface area contributed by atoms with Crippen LogP contribution in [-0.2, 0) is 6.54 Å². The lowest BCUT2D eigenvalue weighted by molar-refractivity contribution is 0.772. The van der Waals surface area contributed by atoms with Crippen molar-refractivity contribution in [3.63, 3.8) is 0 Å². The van der Waals surface area contributed by atoms with Gasteiger partial charge in [0, 0.05) is 22.5 Å². The Morgan fingerprint density at radius 2 is 1.95 bits per heavy atom. The molecule has 0 saturated carbocycles. The van der Waals surface area contributed by atoms with Crippen LogP contribution in [0.2, 0.25) is 0 Å². The van der Waals surface area contributed by atoms with E-state index in [9.17, 15) is 4.79 Å². The van der Waals surface area contributed by atoms with E-state index < -0.39 is 0 Å². The number of nitrogens with zero attached hydrogens (tertiary/aromatic N) is 2. The predicted molar refractivity (Wildman–Crippen MR) is 86.9 cm³/mol. The number of thiophene rings is 1. The molecule has 0 radical (unpaired) electrons. The monoisotopic (exact) mass is 292 g/mol. The van der Waals surface area contributed by atoms with Crippen molar-refractivity contribution in [3.8, 4) is 0 Å². The second-order valence-corrected chi connectivity index (χ2v) is 5.88. The number of aromatic nitrogens is 2. The van der Waals surface area contributed by atoms with Crippen LogP contribution >= 0.6 is 11.3 Å². The van der Waals surface area contributed by atoms with E-state index in [1.165, 1.54) is 0 Å². The van der Waals surface area contributed by atoms with Crippen molar-refractivity contribution in [2.45, 2.75) is 6.54 Å². The number of hydrogen-bond donors (Lipinski definition) is 0. The van der Waals surface area contributed by atoms with E-state index in [4.69, 9.17) is 0 Å². The summed E-state index contributed by atoms with van der Waals surface area (Å²) in [4.78, 5) is 16.8. The van der Waals surface area contributed by atoms with Gasteiger partial charge in [-0.25, -0.2) is 0 Å². The molecule has 0 N–H and O–H groups in total. The topological polar surface area (TPSA) is 34.9 Å². The number of rotatable bonds is 2. The Morgan fingerprint density at radius 1 is 1.05 bits per heavy atom. The summed E-state index contributed by atoms with van der Waals surface area (Å²) in [6, 6.07) is 13.9. The molecule has 0 unspecified atom stereocenters. The minimum absolute atomic E-state index is 0.0645. The molecule has 0 amide bonds. The lowest BCUT2D eigenvalue weighted by Crippen LogP contribution is -2.19. The van der Waals surface area contributed by atoms with Crippen molar-refractivity contribution in [1.82, 2.24) is 9.55 Å². The highest BCUT2D eigenvalue weighted by Crippen LogP contribution is 2.19. The molecule has 3 heterocycles. The van der Waals surface area contributed by atoms with Crippen LogP contribution in [0.1, 0.15) is 5.56 Å². The smallest absolute Gasteiger partial charge is 0.259 e. The number of pyridine rings is 2. The summed E-state index contributed by atoms with van der Waals surface area (Å²) in [6.45, 7) is 0.563. The first-order valence-corrected chi connectivity index (χ1v) is 7.60. The summed E-state index contributed by atoms with van der Waals surface area (Å²) < 4.78 is 2.80. The zero-order valence-corrected chi connectivity index (χ0v) is 12.0. The second kappa shape index (κ2) is 4.82. The molecule has 4 rings (SSSR count). The van der Waals surface area contributed by atoms with Gasteiger partial charge in [-0.1, -0.05) is 18.2 Å². The Morgan fingerprint density at radius 3 is 2.90 bits per heavy atom. The Labute approximate surface area is 125 Å². The van der Waals surface area contributed by atoms with Crippen molar-refractivity contribution >= 4 is 32.3 Å². The highest BCUT2D eigenvalue weighted by atomic mass is 32.1. The zero-order chi connectivity index (χ0) is 14.2. The van der Waals surface area contributed by atoms with Crippen LogP contribution in [-0.4, -0.2) is 9.55 Å². The summed E-state index contributed by atoms with van der Waals surface area (Å²) in [7, 11) is 0. The largest absolute Gasteiger partial charge is 0.310 e. The Hall–Kier alpha value is -2.46. The minimum atomic E-state index is 0.0645. The summed E-state index contributed by atoms with van der Waals surface area (Å²) >= 11 is 1.60. The first kappa shape index (κ1) is 12.3. The van der Waals surface area contributed by atoms with Gasteiger partial charge < -0.3 is 4.57 Å². The average Bonchev–Trinajstić information content (AvgIpc) is 3.00. The summed E-state index contributed by atoms with van der Waals surface area (Å²) in [5, 5.41) is 3.84. The van der Waals surface area contributed by atoms with Crippen LogP contribution < -0.4 is 5.56 Å². The number of para-hydroxylation sites is 1. The van der Waals surface area contributed by atoms with E-state index in [-0.39, 0.29) is 5.56 Å². The Balaban J connectivity index is 1.87. The highest BCUT2D eigenvalue weighted by molar-refractivity contribution is 7.17. The molecule has 0 aliphatic rings. The van der Waals surface area contributed by atoms with Gasteiger partial charge in [-0.3, -0.25) is 9.78 Å². The highest BCUT2D eigenvalue weighted by Gasteiger charge is 2.06. The van der Waals surface area contributed by atoms with E-state index >= 15 is 0 Å². The second-order valence-electron chi connectivity index (χ2n) is 4.93. The molecule has 0 aliphatic carbocycles. The van der Waals surface area contributed by atoms with Crippen LogP contribution in [0.3, 0.4) is 0 Å². The Bertz CT molecular complexity index is 995. The molecule has 4 heteroatoms. The predicted octanol–water partition coefficient (Wildman–Crippen LogP) is 3.66.